The first-order chi connectivity index (χ1) is 15.5. The minimum Gasteiger partial charge on any atom is -0.381 e. The molecule has 2 heterocycles. The van der Waals surface area contributed by atoms with Gasteiger partial charge >= 0.3 is 0 Å². The maximum Gasteiger partial charge on any atom is 0.251 e. The third-order valence-corrected chi connectivity index (χ3v) is 5.96. The Bertz CT molecular complexity index is 1030. The highest BCUT2D eigenvalue weighted by atomic mass is 16.5. The van der Waals surface area contributed by atoms with Gasteiger partial charge in [-0.05, 0) is 66.4 Å². The van der Waals surface area contributed by atoms with Crippen molar-refractivity contribution in [2.45, 2.75) is 38.8 Å². The van der Waals surface area contributed by atoms with Gasteiger partial charge < -0.3 is 15.0 Å². The van der Waals surface area contributed by atoms with Crippen LogP contribution in [0.3, 0.4) is 0 Å². The number of tetrazole rings is 1. The fraction of sp³-hybridized carbons (Fsp3) is 0.417. The van der Waals surface area contributed by atoms with Gasteiger partial charge in [0.25, 0.3) is 5.91 Å². The minimum absolute atomic E-state index is 0.0288. The fourth-order valence-corrected chi connectivity index (χ4v) is 4.13. The van der Waals surface area contributed by atoms with Crippen LogP contribution in [0.2, 0.25) is 0 Å². The van der Waals surface area contributed by atoms with Crippen LogP contribution in [0.4, 0.5) is 0 Å². The molecule has 0 bridgehead atoms. The Hall–Kier alpha value is -3.10. The van der Waals surface area contributed by atoms with Gasteiger partial charge in [-0.25, -0.2) is 4.68 Å². The van der Waals surface area contributed by atoms with Crippen molar-refractivity contribution in [2.24, 2.45) is 0 Å². The summed E-state index contributed by atoms with van der Waals surface area (Å²) in [5.41, 5.74) is 4.49. The van der Waals surface area contributed by atoms with E-state index in [1.54, 1.807) is 11.8 Å². The lowest BCUT2D eigenvalue weighted by atomic mass is 10.0. The van der Waals surface area contributed by atoms with Crippen molar-refractivity contribution in [1.82, 2.24) is 30.4 Å². The summed E-state index contributed by atoms with van der Waals surface area (Å²) in [6.07, 6.45) is 3.95. The van der Waals surface area contributed by atoms with Gasteiger partial charge in [-0.3, -0.25) is 4.79 Å². The average molecular weight is 435 g/mol. The summed E-state index contributed by atoms with van der Waals surface area (Å²) in [6, 6.07) is 14.0. The predicted molar refractivity (Wildman–Crippen MR) is 123 cm³/mol. The molecular formula is C24H30N6O2. The number of hydrogen-bond acceptors (Lipinski definition) is 6. The van der Waals surface area contributed by atoms with E-state index in [0.717, 1.165) is 49.3 Å². The summed E-state index contributed by atoms with van der Waals surface area (Å²) in [7, 11) is 1.78. The van der Waals surface area contributed by atoms with Gasteiger partial charge in [0.2, 0.25) is 0 Å². The number of piperidine rings is 1. The van der Waals surface area contributed by atoms with Gasteiger partial charge in [-0.15, -0.1) is 5.10 Å². The normalized spacial score (nSPS) is 16.1. The second-order valence-electron chi connectivity index (χ2n) is 8.50. The summed E-state index contributed by atoms with van der Waals surface area (Å²) in [4.78, 5) is 15.5. The monoisotopic (exact) mass is 434 g/mol. The van der Waals surface area contributed by atoms with Crippen LogP contribution in [0.5, 0.6) is 0 Å². The molecule has 4 rings (SSSR count). The zero-order chi connectivity index (χ0) is 22.5. The summed E-state index contributed by atoms with van der Waals surface area (Å²) < 4.78 is 7.02. The molecule has 1 saturated heterocycles. The number of carbonyl (C=O) groups is 1. The number of nitrogens with zero attached hydrogens (tertiary/aromatic N) is 5. The second kappa shape index (κ2) is 10.0. The van der Waals surface area contributed by atoms with Crippen LogP contribution in [0.1, 0.15) is 35.7 Å². The third-order valence-electron chi connectivity index (χ3n) is 5.96. The molecule has 1 amide bonds. The molecule has 0 saturated carbocycles. The third kappa shape index (κ3) is 5.38. The number of hydrogen-bond donors (Lipinski definition) is 1. The lowest BCUT2D eigenvalue weighted by Crippen LogP contribution is -2.45. The summed E-state index contributed by atoms with van der Waals surface area (Å²) in [5, 5.41) is 14.6. The SMILES string of the molecule is COC1CCN(CC(C)NC(=O)c2cc(-c3ccc(C)cc3)cc(-n3cnnn3)c2)CC1. The molecule has 0 spiro atoms. The van der Waals surface area contributed by atoms with E-state index < -0.39 is 0 Å². The number of aromatic nitrogens is 4. The predicted octanol–water partition coefficient (Wildman–Crippen LogP) is 2.87. The number of likely N-dealkylation sites (tertiary alicyclic amines) is 1. The highest BCUT2D eigenvalue weighted by molar-refractivity contribution is 5.96. The summed E-state index contributed by atoms with van der Waals surface area (Å²) in [5.74, 6) is -0.104. The topological polar surface area (TPSA) is 85.2 Å². The molecule has 1 aliphatic heterocycles. The van der Waals surface area contributed by atoms with Crippen LogP contribution < -0.4 is 5.32 Å². The molecule has 1 unspecified atom stereocenters. The van der Waals surface area contributed by atoms with E-state index in [2.05, 4.69) is 56.9 Å². The Morgan fingerprint density at radius 3 is 2.56 bits per heavy atom. The molecule has 0 aliphatic carbocycles. The van der Waals surface area contributed by atoms with E-state index in [0.29, 0.717) is 11.7 Å². The van der Waals surface area contributed by atoms with Gasteiger partial charge in [0.05, 0.1) is 11.8 Å². The molecule has 1 aromatic heterocycles. The molecule has 1 atom stereocenters. The molecule has 2 aromatic carbocycles. The minimum atomic E-state index is -0.104. The number of amides is 1. The van der Waals surface area contributed by atoms with Crippen molar-refractivity contribution in [3.63, 3.8) is 0 Å². The Morgan fingerprint density at radius 2 is 1.91 bits per heavy atom. The van der Waals surface area contributed by atoms with Gasteiger partial charge in [0.1, 0.15) is 6.33 Å². The highest BCUT2D eigenvalue weighted by Crippen LogP contribution is 2.25. The number of rotatable bonds is 7. The first kappa shape index (κ1) is 22.1. The van der Waals surface area contributed by atoms with Crippen LogP contribution in [-0.4, -0.2) is 69.9 Å². The van der Waals surface area contributed by atoms with E-state index in [4.69, 9.17) is 4.74 Å². The van der Waals surface area contributed by atoms with Crippen molar-refractivity contribution in [3.8, 4) is 16.8 Å². The first-order valence-corrected chi connectivity index (χ1v) is 11.0. The molecule has 3 aromatic rings. The quantitative estimate of drug-likeness (QED) is 0.616. The van der Waals surface area contributed by atoms with Crippen LogP contribution in [0, 0.1) is 6.92 Å². The summed E-state index contributed by atoms with van der Waals surface area (Å²) >= 11 is 0. The standard InChI is InChI=1S/C24H30N6O2/c1-17-4-6-19(7-5-17)20-12-21(14-22(13-20)30-16-25-27-28-30)24(31)26-18(2)15-29-10-8-23(32-3)9-11-29/h4-7,12-14,16,18,23H,8-11,15H2,1-3H3,(H,26,31). The molecule has 1 aliphatic rings. The summed E-state index contributed by atoms with van der Waals surface area (Å²) in [6.45, 7) is 6.90. The highest BCUT2D eigenvalue weighted by Gasteiger charge is 2.21. The Balaban J connectivity index is 1.51. The van der Waals surface area contributed by atoms with E-state index in [1.807, 2.05) is 25.1 Å². The van der Waals surface area contributed by atoms with E-state index in [1.165, 1.54) is 11.9 Å². The molecule has 1 N–H and O–H groups in total. The zero-order valence-electron chi connectivity index (χ0n) is 18.9. The number of nitrogens with one attached hydrogen (secondary N) is 1. The Kier molecular flexibility index (Phi) is 6.92. The molecular weight excluding hydrogens is 404 g/mol. The number of methoxy groups -OCH3 is 1. The second-order valence-corrected chi connectivity index (χ2v) is 8.50. The Labute approximate surface area is 188 Å². The lowest BCUT2D eigenvalue weighted by Gasteiger charge is -2.33. The van der Waals surface area contributed by atoms with E-state index in [9.17, 15) is 4.79 Å². The van der Waals surface area contributed by atoms with Crippen molar-refractivity contribution in [3.05, 3.63) is 59.9 Å². The number of benzene rings is 2. The van der Waals surface area contributed by atoms with Crippen LogP contribution in [0.25, 0.3) is 16.8 Å². The fourth-order valence-electron chi connectivity index (χ4n) is 4.13. The molecule has 0 radical (unpaired) electrons. The van der Waals surface area contributed by atoms with Gasteiger partial charge in [0, 0.05) is 38.3 Å². The van der Waals surface area contributed by atoms with E-state index >= 15 is 0 Å². The molecule has 1 fully saturated rings. The van der Waals surface area contributed by atoms with Gasteiger partial charge in [-0.1, -0.05) is 29.8 Å². The zero-order valence-corrected chi connectivity index (χ0v) is 18.9. The average Bonchev–Trinajstić information content (AvgIpc) is 3.35. The van der Waals surface area contributed by atoms with Crippen LogP contribution in [0.15, 0.2) is 48.8 Å². The van der Waals surface area contributed by atoms with Gasteiger partial charge in [0.15, 0.2) is 0 Å². The van der Waals surface area contributed by atoms with Crippen molar-refractivity contribution in [2.75, 3.05) is 26.7 Å². The Morgan fingerprint density at radius 1 is 1.16 bits per heavy atom. The number of carbonyl (C=O) groups excluding carboxylic acids is 1. The lowest BCUT2D eigenvalue weighted by molar-refractivity contribution is 0.0387. The number of ether oxygens (including phenoxy) is 1. The maximum atomic E-state index is 13.1. The van der Waals surface area contributed by atoms with Crippen molar-refractivity contribution >= 4 is 5.91 Å². The first-order valence-electron chi connectivity index (χ1n) is 11.0. The van der Waals surface area contributed by atoms with Crippen molar-refractivity contribution < 1.29 is 9.53 Å². The molecule has 8 heteroatoms. The van der Waals surface area contributed by atoms with Crippen LogP contribution >= 0.6 is 0 Å². The van der Waals surface area contributed by atoms with Crippen LogP contribution in [-0.2, 0) is 4.74 Å². The number of aryl methyl sites for hydroxylation is 1. The molecule has 32 heavy (non-hydrogen) atoms. The molecule has 8 nitrogen and oxygen atoms in total. The van der Waals surface area contributed by atoms with Gasteiger partial charge in [-0.2, -0.15) is 0 Å². The van der Waals surface area contributed by atoms with E-state index in [-0.39, 0.29) is 11.9 Å². The molecule has 168 valence electrons. The largest absolute Gasteiger partial charge is 0.381 e. The van der Waals surface area contributed by atoms with Crippen molar-refractivity contribution in [1.29, 1.82) is 0 Å². The smallest absolute Gasteiger partial charge is 0.251 e. The maximum absolute atomic E-state index is 13.1.